The summed E-state index contributed by atoms with van der Waals surface area (Å²) >= 11 is 0. The Bertz CT molecular complexity index is 936. The van der Waals surface area contributed by atoms with Crippen LogP contribution in [0.5, 0.6) is 0 Å². The molecule has 0 saturated heterocycles. The molecule has 1 aromatic heterocycles. The predicted molar refractivity (Wildman–Crippen MR) is 107 cm³/mol. The summed E-state index contributed by atoms with van der Waals surface area (Å²) in [6.45, 7) is 3.31. The highest BCUT2D eigenvalue weighted by Gasteiger charge is 2.15. The van der Waals surface area contributed by atoms with E-state index in [4.69, 9.17) is 0 Å². The number of rotatable bonds is 4. The summed E-state index contributed by atoms with van der Waals surface area (Å²) < 4.78 is 14.5. The van der Waals surface area contributed by atoms with Gasteiger partial charge in [0.05, 0.1) is 18.1 Å². The second-order valence-electron chi connectivity index (χ2n) is 6.80. The average molecular weight is 379 g/mol. The van der Waals surface area contributed by atoms with Crippen LogP contribution in [0.3, 0.4) is 0 Å². The van der Waals surface area contributed by atoms with Crippen molar-refractivity contribution in [1.29, 1.82) is 0 Å². The topological polar surface area (TPSA) is 78.9 Å². The number of nitrogens with one attached hydrogen (secondary N) is 3. The van der Waals surface area contributed by atoms with Crippen molar-refractivity contribution >= 4 is 22.9 Å². The first-order valence-electron chi connectivity index (χ1n) is 9.44. The minimum atomic E-state index is -0.409. The molecule has 1 amide bonds. The first-order chi connectivity index (χ1) is 13.7. The zero-order valence-corrected chi connectivity index (χ0v) is 15.5. The molecule has 0 radical (unpaired) electrons. The molecule has 3 heterocycles. The monoisotopic (exact) mass is 379 g/mol. The van der Waals surface area contributed by atoms with Crippen LogP contribution in [-0.2, 0) is 0 Å². The van der Waals surface area contributed by atoms with Crippen LogP contribution in [0.1, 0.15) is 34.5 Å². The van der Waals surface area contributed by atoms with Crippen molar-refractivity contribution in [3.8, 4) is 0 Å². The quantitative estimate of drug-likeness (QED) is 0.761. The normalized spacial score (nSPS) is 16.9. The van der Waals surface area contributed by atoms with Gasteiger partial charge < -0.3 is 16.0 Å². The van der Waals surface area contributed by atoms with Crippen LogP contribution in [0.4, 0.5) is 10.2 Å². The number of aromatic nitrogens is 2. The zero-order valence-electron chi connectivity index (χ0n) is 15.5. The summed E-state index contributed by atoms with van der Waals surface area (Å²) in [4.78, 5) is 21.1. The van der Waals surface area contributed by atoms with Gasteiger partial charge in [-0.15, -0.1) is 0 Å². The molecule has 0 atom stereocenters. The van der Waals surface area contributed by atoms with Crippen molar-refractivity contribution in [2.45, 2.75) is 12.8 Å². The molecule has 1 aromatic carbocycles. The third-order valence-electron chi connectivity index (χ3n) is 4.93. The van der Waals surface area contributed by atoms with E-state index in [1.54, 1.807) is 18.3 Å². The largest absolute Gasteiger partial charge is 0.313 e. The molecule has 2 aromatic rings. The lowest BCUT2D eigenvalue weighted by Gasteiger charge is -2.15. The number of hydrogen-bond acceptors (Lipinski definition) is 5. The summed E-state index contributed by atoms with van der Waals surface area (Å²) in [5, 5.41) is 9.13. The molecule has 2 aliphatic heterocycles. The van der Waals surface area contributed by atoms with Crippen molar-refractivity contribution in [3.05, 3.63) is 65.4 Å². The Kier molecular flexibility index (Phi) is 5.55. The molecular formula is C21H22FN5O. The minimum Gasteiger partial charge on any atom is -0.313 e. The molecule has 0 saturated carbocycles. The molecule has 6 nitrogen and oxygen atoms in total. The van der Waals surface area contributed by atoms with Crippen molar-refractivity contribution < 1.29 is 9.18 Å². The fourth-order valence-electron chi connectivity index (χ4n) is 3.39. The van der Waals surface area contributed by atoms with E-state index < -0.39 is 5.91 Å². The molecule has 4 rings (SSSR count). The summed E-state index contributed by atoms with van der Waals surface area (Å²) in [7, 11) is 0. The fraction of sp³-hybridized carbons (Fsp3) is 0.286. The first kappa shape index (κ1) is 18.5. The Morgan fingerprint density at radius 2 is 1.75 bits per heavy atom. The van der Waals surface area contributed by atoms with E-state index in [1.807, 2.05) is 6.08 Å². The van der Waals surface area contributed by atoms with Crippen LogP contribution < -0.4 is 16.0 Å². The number of carbonyl (C=O) groups is 1. The van der Waals surface area contributed by atoms with Gasteiger partial charge in [0.25, 0.3) is 5.91 Å². The second kappa shape index (κ2) is 8.41. The summed E-state index contributed by atoms with van der Waals surface area (Å²) in [5.41, 5.74) is 3.73. The van der Waals surface area contributed by atoms with Crippen LogP contribution in [0.15, 0.2) is 42.7 Å². The number of hydrogen-bond donors (Lipinski definition) is 3. The smallest absolute Gasteiger partial charge is 0.256 e. The molecule has 7 heteroatoms. The van der Waals surface area contributed by atoms with Crippen LogP contribution in [0.2, 0.25) is 0 Å². The molecular weight excluding hydrogens is 357 g/mol. The van der Waals surface area contributed by atoms with E-state index >= 15 is 0 Å². The van der Waals surface area contributed by atoms with E-state index in [2.05, 4.69) is 32.0 Å². The predicted octanol–water partition coefficient (Wildman–Crippen LogP) is 2.62. The van der Waals surface area contributed by atoms with Gasteiger partial charge in [0, 0.05) is 24.2 Å². The Balaban J connectivity index is 1.45. The van der Waals surface area contributed by atoms with Gasteiger partial charge in [-0.3, -0.25) is 9.78 Å². The number of anilines is 1. The average Bonchev–Trinajstić information content (AvgIpc) is 2.75. The third kappa shape index (κ3) is 4.16. The maximum Gasteiger partial charge on any atom is 0.256 e. The first-order valence-corrected chi connectivity index (χ1v) is 9.44. The van der Waals surface area contributed by atoms with Crippen LogP contribution >= 0.6 is 0 Å². The van der Waals surface area contributed by atoms with Gasteiger partial charge >= 0.3 is 0 Å². The Morgan fingerprint density at radius 1 is 1.00 bits per heavy atom. The van der Waals surface area contributed by atoms with Gasteiger partial charge in [-0.05, 0) is 49.2 Å². The van der Waals surface area contributed by atoms with E-state index in [9.17, 15) is 9.18 Å². The highest BCUT2D eigenvalue weighted by atomic mass is 19.1. The lowest BCUT2D eigenvalue weighted by molar-refractivity contribution is 0.102. The summed E-state index contributed by atoms with van der Waals surface area (Å²) in [6.07, 6.45) is 8.93. The number of benzene rings is 1. The molecule has 0 spiro atoms. The van der Waals surface area contributed by atoms with Crippen LogP contribution in [0, 0.1) is 5.82 Å². The van der Waals surface area contributed by atoms with E-state index in [0.29, 0.717) is 11.4 Å². The van der Waals surface area contributed by atoms with Gasteiger partial charge in [-0.25, -0.2) is 9.37 Å². The minimum absolute atomic E-state index is 0.253. The van der Waals surface area contributed by atoms with Crippen molar-refractivity contribution in [2.75, 3.05) is 31.5 Å². The fourth-order valence-corrected chi connectivity index (χ4v) is 3.39. The number of nitrogens with zero attached hydrogens (tertiary/aromatic N) is 2. The van der Waals surface area contributed by atoms with E-state index in [0.717, 1.165) is 55.9 Å². The van der Waals surface area contributed by atoms with E-state index in [-0.39, 0.29) is 11.4 Å². The van der Waals surface area contributed by atoms with Gasteiger partial charge in [-0.1, -0.05) is 18.2 Å². The highest BCUT2D eigenvalue weighted by molar-refractivity contribution is 6.03. The maximum absolute atomic E-state index is 14.5. The van der Waals surface area contributed by atoms with Crippen molar-refractivity contribution in [2.24, 2.45) is 0 Å². The zero-order chi connectivity index (χ0) is 19.3. The molecule has 0 fully saturated rings. The summed E-state index contributed by atoms with van der Waals surface area (Å²) in [5.74, 6) is -0.457. The van der Waals surface area contributed by atoms with E-state index in [1.165, 1.54) is 12.3 Å². The van der Waals surface area contributed by atoms with Crippen LogP contribution in [-0.4, -0.2) is 42.1 Å². The Hall–Kier alpha value is -2.90. The SMILES string of the molecule is O=C(Nc1cnc(C2=CCNCC2)cn1)c1ccc(C2=CCNCC2)c(F)c1. The lowest BCUT2D eigenvalue weighted by atomic mass is 9.98. The second-order valence-corrected chi connectivity index (χ2v) is 6.80. The molecule has 0 unspecified atom stereocenters. The summed E-state index contributed by atoms with van der Waals surface area (Å²) in [6, 6.07) is 4.58. The Labute approximate surface area is 163 Å². The third-order valence-corrected chi connectivity index (χ3v) is 4.93. The van der Waals surface area contributed by atoms with Crippen LogP contribution in [0.25, 0.3) is 11.1 Å². The molecule has 0 aliphatic carbocycles. The lowest BCUT2D eigenvalue weighted by Crippen LogP contribution is -2.20. The highest BCUT2D eigenvalue weighted by Crippen LogP contribution is 2.24. The van der Waals surface area contributed by atoms with Crippen molar-refractivity contribution in [3.63, 3.8) is 0 Å². The van der Waals surface area contributed by atoms with Crippen molar-refractivity contribution in [1.82, 2.24) is 20.6 Å². The number of halogens is 1. The van der Waals surface area contributed by atoms with Gasteiger partial charge in [-0.2, -0.15) is 0 Å². The van der Waals surface area contributed by atoms with Gasteiger partial charge in [0.15, 0.2) is 5.82 Å². The standard InChI is InChI=1S/C21H22FN5O/c22-18-11-16(1-2-17(18)14-3-7-23-8-4-14)21(28)27-20-13-25-19(12-26-20)15-5-9-24-10-6-15/h1-3,5,11-13,23-24H,4,6-10H2,(H,26,27,28). The number of amides is 1. The molecule has 2 aliphatic rings. The molecule has 28 heavy (non-hydrogen) atoms. The number of carbonyl (C=O) groups excluding carboxylic acids is 1. The molecule has 144 valence electrons. The Morgan fingerprint density at radius 3 is 2.36 bits per heavy atom. The maximum atomic E-state index is 14.5. The van der Waals surface area contributed by atoms with Gasteiger partial charge in [0.1, 0.15) is 5.82 Å². The molecule has 3 N–H and O–H groups in total. The molecule has 0 bridgehead atoms. The van der Waals surface area contributed by atoms with Gasteiger partial charge in [0.2, 0.25) is 0 Å².